The minimum absolute atomic E-state index is 0. The highest BCUT2D eigenvalue weighted by atomic mass is 79.9. The molecule has 2 N–H and O–H groups in total. The van der Waals surface area contributed by atoms with Gasteiger partial charge in [0, 0.05) is 24.3 Å². The summed E-state index contributed by atoms with van der Waals surface area (Å²) in [5.74, 6) is 0.570. The molecule has 0 spiro atoms. The van der Waals surface area contributed by atoms with E-state index in [-0.39, 0.29) is 18.3 Å². The molecule has 0 saturated carbocycles. The quantitative estimate of drug-likeness (QED) is 0.886. The molecule has 1 saturated heterocycles. The number of hydrogen-bond donors (Lipinski definition) is 2. The lowest BCUT2D eigenvalue weighted by Gasteiger charge is -2.22. The topological polar surface area (TPSA) is 46.1 Å². The van der Waals surface area contributed by atoms with Crippen molar-refractivity contribution in [3.63, 3.8) is 0 Å². The maximum absolute atomic E-state index is 11.9. The Morgan fingerprint density at radius 2 is 2.44 bits per heavy atom. The molecule has 1 atom stereocenters. The summed E-state index contributed by atoms with van der Waals surface area (Å²) in [5.41, 5.74) is 0.695. The van der Waals surface area contributed by atoms with Crippen molar-refractivity contribution in [2.75, 3.05) is 19.6 Å². The lowest BCUT2D eigenvalue weighted by atomic mass is 10.00. The smallest absolute Gasteiger partial charge is 0.267 e. The van der Waals surface area contributed by atoms with Gasteiger partial charge in [-0.25, -0.2) is 0 Å². The van der Waals surface area contributed by atoms with Crippen LogP contribution in [-0.4, -0.2) is 30.1 Å². The van der Waals surface area contributed by atoms with Crippen LogP contribution in [0.25, 0.3) is 0 Å². The van der Waals surface area contributed by atoms with E-state index in [2.05, 4.69) is 26.6 Å². The van der Waals surface area contributed by atoms with Crippen molar-refractivity contribution < 1.29 is 4.79 Å². The predicted molar refractivity (Wildman–Crippen MR) is 78.3 cm³/mol. The average molecular weight is 337 g/mol. The van der Waals surface area contributed by atoms with Gasteiger partial charge in [-0.15, -0.1) is 12.4 Å². The lowest BCUT2D eigenvalue weighted by molar-refractivity contribution is 0.0936. The van der Waals surface area contributed by atoms with E-state index in [4.69, 9.17) is 0 Å². The standard InChI is InChI=1S/C12H18BrN3O.ClH/c1-16-8-10(13)5-11(16)12(17)15-7-9-3-2-4-14-6-9;/h5,8-9,14H,2-4,6-7H2,1H3,(H,15,17);1H. The van der Waals surface area contributed by atoms with Gasteiger partial charge >= 0.3 is 0 Å². The molecule has 102 valence electrons. The molecular formula is C12H19BrClN3O. The first-order valence-corrected chi connectivity index (χ1v) is 6.77. The number of aryl methyl sites for hydroxylation is 1. The molecule has 1 aliphatic rings. The van der Waals surface area contributed by atoms with E-state index in [1.807, 2.05) is 23.9 Å². The van der Waals surface area contributed by atoms with Gasteiger partial charge in [0.1, 0.15) is 5.69 Å². The summed E-state index contributed by atoms with van der Waals surface area (Å²) in [6.45, 7) is 2.88. The molecule has 1 unspecified atom stereocenters. The van der Waals surface area contributed by atoms with Crippen LogP contribution in [0.2, 0.25) is 0 Å². The molecule has 0 bridgehead atoms. The molecule has 0 aliphatic carbocycles. The van der Waals surface area contributed by atoms with Crippen molar-refractivity contribution in [1.29, 1.82) is 0 Å². The second kappa shape index (κ2) is 7.16. The first-order valence-electron chi connectivity index (χ1n) is 5.97. The number of halogens is 2. The lowest BCUT2D eigenvalue weighted by Crippen LogP contribution is -2.38. The molecule has 1 aromatic rings. The van der Waals surface area contributed by atoms with Crippen molar-refractivity contribution in [2.24, 2.45) is 13.0 Å². The molecule has 6 heteroatoms. The molecule has 1 amide bonds. The maximum Gasteiger partial charge on any atom is 0.267 e. The van der Waals surface area contributed by atoms with E-state index in [1.54, 1.807) is 0 Å². The molecule has 1 fully saturated rings. The van der Waals surface area contributed by atoms with Gasteiger partial charge in [-0.2, -0.15) is 0 Å². The molecular weight excluding hydrogens is 318 g/mol. The minimum atomic E-state index is 0. The van der Waals surface area contributed by atoms with Crippen molar-refractivity contribution in [3.05, 3.63) is 22.4 Å². The summed E-state index contributed by atoms with van der Waals surface area (Å²) >= 11 is 3.37. The van der Waals surface area contributed by atoms with Gasteiger partial charge in [-0.05, 0) is 53.8 Å². The monoisotopic (exact) mass is 335 g/mol. The van der Waals surface area contributed by atoms with Crippen molar-refractivity contribution in [1.82, 2.24) is 15.2 Å². The highest BCUT2D eigenvalue weighted by molar-refractivity contribution is 9.10. The minimum Gasteiger partial charge on any atom is -0.350 e. The van der Waals surface area contributed by atoms with Gasteiger partial charge in [0.2, 0.25) is 0 Å². The largest absolute Gasteiger partial charge is 0.350 e. The van der Waals surface area contributed by atoms with Gasteiger partial charge in [-0.1, -0.05) is 0 Å². The highest BCUT2D eigenvalue weighted by Crippen LogP contribution is 2.14. The Morgan fingerprint density at radius 3 is 3.00 bits per heavy atom. The zero-order valence-electron chi connectivity index (χ0n) is 10.4. The number of nitrogens with one attached hydrogen (secondary N) is 2. The van der Waals surface area contributed by atoms with Crippen LogP contribution in [-0.2, 0) is 7.05 Å². The zero-order valence-corrected chi connectivity index (χ0v) is 12.8. The number of nitrogens with zero attached hydrogens (tertiary/aromatic N) is 1. The first-order chi connectivity index (χ1) is 8.16. The summed E-state index contributed by atoms with van der Waals surface area (Å²) in [4.78, 5) is 11.9. The number of piperidine rings is 1. The number of amides is 1. The number of hydrogen-bond acceptors (Lipinski definition) is 2. The number of carbonyl (C=O) groups excluding carboxylic acids is 1. The predicted octanol–water partition coefficient (Wildman–Crippen LogP) is 1.94. The van der Waals surface area contributed by atoms with Gasteiger partial charge in [0.15, 0.2) is 0 Å². The van der Waals surface area contributed by atoms with Gasteiger partial charge < -0.3 is 15.2 Å². The summed E-state index contributed by atoms with van der Waals surface area (Å²) < 4.78 is 2.77. The Balaban J connectivity index is 0.00000162. The Morgan fingerprint density at radius 1 is 1.67 bits per heavy atom. The molecule has 1 aliphatic heterocycles. The highest BCUT2D eigenvalue weighted by Gasteiger charge is 2.16. The fraction of sp³-hybridized carbons (Fsp3) is 0.583. The van der Waals surface area contributed by atoms with Crippen LogP contribution in [0, 0.1) is 5.92 Å². The summed E-state index contributed by atoms with van der Waals surface area (Å²) in [6, 6.07) is 1.84. The molecule has 2 heterocycles. The van der Waals surface area contributed by atoms with Crippen LogP contribution in [0.15, 0.2) is 16.7 Å². The zero-order chi connectivity index (χ0) is 12.3. The molecule has 2 rings (SSSR count). The van der Waals surface area contributed by atoms with Gasteiger partial charge in [-0.3, -0.25) is 4.79 Å². The van der Waals surface area contributed by atoms with E-state index >= 15 is 0 Å². The first kappa shape index (κ1) is 15.5. The van der Waals surface area contributed by atoms with E-state index < -0.39 is 0 Å². The van der Waals surface area contributed by atoms with Crippen molar-refractivity contribution in [3.8, 4) is 0 Å². The number of rotatable bonds is 3. The summed E-state index contributed by atoms with van der Waals surface area (Å²) in [6.07, 6.45) is 4.29. The van der Waals surface area contributed by atoms with Crippen molar-refractivity contribution >= 4 is 34.2 Å². The van der Waals surface area contributed by atoms with Gasteiger partial charge in [0.25, 0.3) is 5.91 Å². The SMILES string of the molecule is Cl.Cn1cc(Br)cc1C(=O)NCC1CCCNC1. The van der Waals surface area contributed by atoms with E-state index in [1.165, 1.54) is 12.8 Å². The fourth-order valence-electron chi connectivity index (χ4n) is 2.18. The van der Waals surface area contributed by atoms with E-state index in [9.17, 15) is 4.79 Å². The molecule has 1 aromatic heterocycles. The second-order valence-corrected chi connectivity index (χ2v) is 5.49. The summed E-state index contributed by atoms with van der Waals surface area (Å²) in [7, 11) is 1.88. The maximum atomic E-state index is 11.9. The molecule has 18 heavy (non-hydrogen) atoms. The van der Waals surface area contributed by atoms with Crippen LogP contribution in [0.3, 0.4) is 0 Å². The Kier molecular flexibility index (Phi) is 6.18. The van der Waals surface area contributed by atoms with E-state index in [0.717, 1.165) is 24.1 Å². The Labute approximate surface area is 122 Å². The van der Waals surface area contributed by atoms with Crippen LogP contribution in [0.1, 0.15) is 23.3 Å². The van der Waals surface area contributed by atoms with Gasteiger partial charge in [0.05, 0.1) is 0 Å². The Hall–Kier alpha value is -0.520. The Bertz CT molecular complexity index is 402. The molecule has 4 nitrogen and oxygen atoms in total. The molecule has 0 aromatic carbocycles. The van der Waals surface area contributed by atoms with Crippen molar-refractivity contribution in [2.45, 2.75) is 12.8 Å². The van der Waals surface area contributed by atoms with E-state index in [0.29, 0.717) is 11.6 Å². The second-order valence-electron chi connectivity index (χ2n) is 4.58. The van der Waals surface area contributed by atoms with Crippen LogP contribution in [0.4, 0.5) is 0 Å². The molecule has 0 radical (unpaired) electrons. The third kappa shape index (κ3) is 4.00. The summed E-state index contributed by atoms with van der Waals surface area (Å²) in [5, 5.41) is 6.35. The van der Waals surface area contributed by atoms with Crippen LogP contribution >= 0.6 is 28.3 Å². The number of carbonyl (C=O) groups is 1. The van der Waals surface area contributed by atoms with Crippen LogP contribution < -0.4 is 10.6 Å². The number of aromatic nitrogens is 1. The normalized spacial score (nSPS) is 19.1. The fourth-order valence-corrected chi connectivity index (χ4v) is 2.70. The average Bonchev–Trinajstić information content (AvgIpc) is 2.67. The van der Waals surface area contributed by atoms with Crippen LogP contribution in [0.5, 0.6) is 0 Å². The third-order valence-electron chi connectivity index (χ3n) is 3.15. The third-order valence-corrected chi connectivity index (χ3v) is 3.59.